The fourth-order valence-electron chi connectivity index (χ4n) is 1.27. The Kier molecular flexibility index (Phi) is 2.57. The molecule has 0 aliphatic rings. The molecule has 17 heavy (non-hydrogen) atoms. The van der Waals surface area contributed by atoms with Gasteiger partial charge in [-0.15, -0.1) is 10.2 Å². The minimum Gasteiger partial charge on any atom is -0.419 e. The number of hydrogen-bond acceptors (Lipinski definition) is 6. The van der Waals surface area contributed by atoms with Gasteiger partial charge in [-0.2, -0.15) is 0 Å². The highest BCUT2D eigenvalue weighted by atomic mass is 16.4. The molecular weight excluding hydrogens is 218 g/mol. The molecule has 0 saturated carbocycles. The molecule has 0 spiro atoms. The monoisotopic (exact) mass is 233 g/mol. The van der Waals surface area contributed by atoms with Crippen LogP contribution in [0.3, 0.4) is 0 Å². The molecule has 6 nitrogen and oxygen atoms in total. The average molecular weight is 233 g/mol. The van der Waals surface area contributed by atoms with Crippen molar-refractivity contribution < 1.29 is 4.42 Å². The second kappa shape index (κ2) is 3.80. The van der Waals surface area contributed by atoms with E-state index in [1.54, 1.807) is 6.20 Å². The van der Waals surface area contributed by atoms with Crippen LogP contribution in [0.4, 0.5) is 5.82 Å². The van der Waals surface area contributed by atoms with Crippen molar-refractivity contribution in [2.24, 2.45) is 0 Å². The normalized spacial score (nSPS) is 11.8. The van der Waals surface area contributed by atoms with E-state index in [1.807, 2.05) is 27.7 Å². The van der Waals surface area contributed by atoms with Crippen LogP contribution in [-0.2, 0) is 5.41 Å². The molecule has 0 saturated heterocycles. The smallest absolute Gasteiger partial charge is 0.270 e. The second-order valence-corrected chi connectivity index (χ2v) is 4.91. The Balaban J connectivity index is 2.47. The van der Waals surface area contributed by atoms with Gasteiger partial charge in [-0.1, -0.05) is 20.8 Å². The lowest BCUT2D eigenvalue weighted by atomic mass is 9.97. The van der Waals surface area contributed by atoms with Crippen LogP contribution in [0.15, 0.2) is 10.6 Å². The SMILES string of the molecule is Cc1cnc(N)c(-c2nnc(C(C)(C)C)o2)n1. The predicted molar refractivity (Wildman–Crippen MR) is 63.2 cm³/mol. The van der Waals surface area contributed by atoms with E-state index in [1.165, 1.54) is 0 Å². The van der Waals surface area contributed by atoms with E-state index >= 15 is 0 Å². The first-order chi connectivity index (χ1) is 7.88. The van der Waals surface area contributed by atoms with Crippen molar-refractivity contribution in [2.75, 3.05) is 5.73 Å². The predicted octanol–water partition coefficient (Wildman–Crippen LogP) is 1.71. The standard InChI is InChI=1S/C11H15N5O/c1-6-5-13-8(12)7(14-6)9-15-16-10(17-9)11(2,3)4/h5H,1-4H3,(H2,12,13). The summed E-state index contributed by atoms with van der Waals surface area (Å²) in [5.74, 6) is 1.15. The first-order valence-electron chi connectivity index (χ1n) is 5.31. The van der Waals surface area contributed by atoms with Crippen molar-refractivity contribution in [3.05, 3.63) is 17.8 Å². The summed E-state index contributed by atoms with van der Waals surface area (Å²) in [4.78, 5) is 8.27. The van der Waals surface area contributed by atoms with Crippen molar-refractivity contribution >= 4 is 5.82 Å². The van der Waals surface area contributed by atoms with Gasteiger partial charge in [0.25, 0.3) is 5.89 Å². The fourth-order valence-corrected chi connectivity index (χ4v) is 1.27. The van der Waals surface area contributed by atoms with E-state index in [2.05, 4.69) is 20.2 Å². The van der Waals surface area contributed by atoms with Crippen LogP contribution in [0.25, 0.3) is 11.6 Å². The van der Waals surface area contributed by atoms with Crippen molar-refractivity contribution in [3.8, 4) is 11.6 Å². The van der Waals surface area contributed by atoms with E-state index in [0.717, 1.165) is 5.69 Å². The Labute approximate surface area is 99.3 Å². The van der Waals surface area contributed by atoms with Gasteiger partial charge in [-0.25, -0.2) is 9.97 Å². The topological polar surface area (TPSA) is 90.7 Å². The third-order valence-electron chi connectivity index (χ3n) is 2.19. The maximum atomic E-state index is 5.74. The number of anilines is 1. The molecule has 0 aliphatic heterocycles. The lowest BCUT2D eigenvalue weighted by Gasteiger charge is -2.10. The molecular formula is C11H15N5O. The minimum atomic E-state index is -0.197. The summed E-state index contributed by atoms with van der Waals surface area (Å²) in [6, 6.07) is 0. The van der Waals surface area contributed by atoms with Crippen molar-refractivity contribution in [1.29, 1.82) is 0 Å². The molecule has 0 fully saturated rings. The molecule has 0 atom stereocenters. The van der Waals surface area contributed by atoms with Crippen molar-refractivity contribution in [3.63, 3.8) is 0 Å². The highest BCUT2D eigenvalue weighted by Crippen LogP contribution is 2.26. The van der Waals surface area contributed by atoms with Gasteiger partial charge >= 0.3 is 0 Å². The lowest BCUT2D eigenvalue weighted by Crippen LogP contribution is -2.11. The van der Waals surface area contributed by atoms with Crippen molar-refractivity contribution in [2.45, 2.75) is 33.1 Å². The zero-order valence-electron chi connectivity index (χ0n) is 10.4. The summed E-state index contributed by atoms with van der Waals surface area (Å²) in [6.07, 6.45) is 1.60. The molecule has 90 valence electrons. The van der Waals surface area contributed by atoms with Gasteiger partial charge < -0.3 is 10.2 Å². The number of hydrogen-bond donors (Lipinski definition) is 1. The second-order valence-electron chi connectivity index (χ2n) is 4.91. The van der Waals surface area contributed by atoms with Gasteiger partial charge in [0, 0.05) is 5.41 Å². The van der Waals surface area contributed by atoms with Crippen LogP contribution < -0.4 is 5.73 Å². The third kappa shape index (κ3) is 2.25. The minimum absolute atomic E-state index is 0.197. The van der Waals surface area contributed by atoms with Crippen LogP contribution in [0, 0.1) is 6.92 Å². The zero-order valence-corrected chi connectivity index (χ0v) is 10.4. The molecule has 0 bridgehead atoms. The largest absolute Gasteiger partial charge is 0.419 e. The van der Waals surface area contributed by atoms with E-state index in [4.69, 9.17) is 10.2 Å². The highest BCUT2D eigenvalue weighted by Gasteiger charge is 2.23. The van der Waals surface area contributed by atoms with Crippen LogP contribution >= 0.6 is 0 Å². The first-order valence-corrected chi connectivity index (χ1v) is 5.31. The summed E-state index contributed by atoms with van der Waals surface area (Å²) < 4.78 is 5.57. The Morgan fingerprint density at radius 3 is 2.53 bits per heavy atom. The maximum Gasteiger partial charge on any atom is 0.270 e. The molecule has 2 N–H and O–H groups in total. The molecule has 2 aromatic rings. The number of aromatic nitrogens is 4. The summed E-state index contributed by atoms with van der Waals surface area (Å²) >= 11 is 0. The molecule has 2 rings (SSSR count). The van der Waals surface area contributed by atoms with Crippen LogP contribution in [-0.4, -0.2) is 20.2 Å². The van der Waals surface area contributed by atoms with Gasteiger partial charge in [0.05, 0.1) is 11.9 Å². The molecule has 0 unspecified atom stereocenters. The zero-order chi connectivity index (χ0) is 12.6. The number of nitrogen functional groups attached to an aromatic ring is 1. The summed E-state index contributed by atoms with van der Waals surface area (Å²) in [5.41, 5.74) is 6.73. The molecule has 0 radical (unpaired) electrons. The van der Waals surface area contributed by atoms with Crippen LogP contribution in [0.2, 0.25) is 0 Å². The quantitative estimate of drug-likeness (QED) is 0.806. The Morgan fingerprint density at radius 2 is 1.94 bits per heavy atom. The van der Waals surface area contributed by atoms with E-state index in [9.17, 15) is 0 Å². The Morgan fingerprint density at radius 1 is 1.24 bits per heavy atom. The number of rotatable bonds is 1. The molecule has 2 aromatic heterocycles. The van der Waals surface area contributed by atoms with Gasteiger partial charge in [-0.3, -0.25) is 0 Å². The molecule has 0 amide bonds. The summed E-state index contributed by atoms with van der Waals surface area (Å²) in [5, 5.41) is 7.95. The van der Waals surface area contributed by atoms with Gasteiger partial charge in [0.2, 0.25) is 5.89 Å². The molecule has 0 aliphatic carbocycles. The van der Waals surface area contributed by atoms with Crippen LogP contribution in [0.5, 0.6) is 0 Å². The maximum absolute atomic E-state index is 5.74. The van der Waals surface area contributed by atoms with Crippen molar-refractivity contribution in [1.82, 2.24) is 20.2 Å². The van der Waals surface area contributed by atoms with Gasteiger partial charge in [0.15, 0.2) is 11.5 Å². The third-order valence-corrected chi connectivity index (χ3v) is 2.19. The van der Waals surface area contributed by atoms with E-state index < -0.39 is 0 Å². The molecule has 0 aromatic carbocycles. The van der Waals surface area contributed by atoms with E-state index in [0.29, 0.717) is 23.3 Å². The van der Waals surface area contributed by atoms with E-state index in [-0.39, 0.29) is 5.41 Å². The number of nitrogens with zero attached hydrogens (tertiary/aromatic N) is 4. The molecule has 2 heterocycles. The molecule has 6 heteroatoms. The number of aryl methyl sites for hydroxylation is 1. The first kappa shape index (κ1) is 11.5. The van der Waals surface area contributed by atoms with Gasteiger partial charge in [0.1, 0.15) is 0 Å². The Bertz CT molecular complexity index is 541. The number of nitrogens with two attached hydrogens (primary N) is 1. The summed E-state index contributed by atoms with van der Waals surface area (Å²) in [7, 11) is 0. The van der Waals surface area contributed by atoms with Crippen LogP contribution in [0.1, 0.15) is 32.4 Å². The lowest BCUT2D eigenvalue weighted by molar-refractivity contribution is 0.398. The van der Waals surface area contributed by atoms with Gasteiger partial charge in [-0.05, 0) is 6.92 Å². The highest BCUT2D eigenvalue weighted by molar-refractivity contribution is 5.61. The fraction of sp³-hybridized carbons (Fsp3) is 0.455. The average Bonchev–Trinajstić information content (AvgIpc) is 2.70. The Hall–Kier alpha value is -1.98. The summed E-state index contributed by atoms with van der Waals surface area (Å²) in [6.45, 7) is 7.82.